The molecule has 0 amide bonds. The molecule has 0 spiro atoms. The van der Waals surface area contributed by atoms with Gasteiger partial charge in [0.2, 0.25) is 0 Å². The van der Waals surface area contributed by atoms with Gasteiger partial charge in [-0.2, -0.15) is 0 Å². The van der Waals surface area contributed by atoms with Crippen molar-refractivity contribution in [3.05, 3.63) is 71.6 Å². The Kier molecular flexibility index (Phi) is 6.92. The zero-order chi connectivity index (χ0) is 23.6. The van der Waals surface area contributed by atoms with Crippen molar-refractivity contribution in [3.63, 3.8) is 0 Å². The molecular formula is C28H36FNO3. The molecule has 1 aliphatic heterocycles. The highest BCUT2D eigenvalue weighted by atomic mass is 19.1. The molecule has 2 aliphatic carbocycles. The summed E-state index contributed by atoms with van der Waals surface area (Å²) in [4.78, 5) is 11.9. The number of rotatable bonds is 7. The Labute approximate surface area is 196 Å². The van der Waals surface area contributed by atoms with Gasteiger partial charge in [0.25, 0.3) is 0 Å². The van der Waals surface area contributed by atoms with Gasteiger partial charge in [-0.1, -0.05) is 50.3 Å². The Bertz CT molecular complexity index is 952. The minimum atomic E-state index is -0.364. The number of carbonyl (C=O) groups excluding carboxylic acids is 1. The second-order valence-corrected chi connectivity index (χ2v) is 10.5. The number of halogens is 1. The molecule has 0 radical (unpaired) electrons. The van der Waals surface area contributed by atoms with Crippen LogP contribution in [0.25, 0.3) is 0 Å². The van der Waals surface area contributed by atoms with Gasteiger partial charge in [-0.3, -0.25) is 0 Å². The molecule has 33 heavy (non-hydrogen) atoms. The normalized spacial score (nSPS) is 34.3. The molecule has 5 heteroatoms. The Hall–Kier alpha value is -2.24. The van der Waals surface area contributed by atoms with Crippen molar-refractivity contribution in [2.75, 3.05) is 19.7 Å². The molecule has 0 saturated heterocycles. The third-order valence-electron chi connectivity index (χ3n) is 8.45. The lowest BCUT2D eigenvalue weighted by Gasteiger charge is -2.60. The van der Waals surface area contributed by atoms with Crippen LogP contribution >= 0.6 is 0 Å². The van der Waals surface area contributed by atoms with Crippen LogP contribution in [0.4, 0.5) is 4.39 Å². The van der Waals surface area contributed by atoms with Crippen molar-refractivity contribution in [3.8, 4) is 0 Å². The molecule has 1 aromatic rings. The van der Waals surface area contributed by atoms with Crippen LogP contribution in [-0.4, -0.2) is 36.9 Å². The molecule has 1 aromatic carbocycles. The lowest BCUT2D eigenvalue weighted by atomic mass is 9.46. The number of allylic oxidation sites excluding steroid dienone is 2. The SMILES string of the molecule is C=C1CC[C@@H]2[C@](C)(CNCCc3ccc(F)cc3)[C@H](O)CC[C@@]2(C)[C@@H]1/C=C/C1=CCOC1=O. The number of benzene rings is 1. The van der Waals surface area contributed by atoms with Crippen molar-refractivity contribution in [2.45, 2.75) is 52.1 Å². The highest BCUT2D eigenvalue weighted by molar-refractivity contribution is 5.93. The van der Waals surface area contributed by atoms with E-state index in [0.717, 1.165) is 50.8 Å². The maximum absolute atomic E-state index is 13.1. The number of esters is 1. The fourth-order valence-corrected chi connectivity index (χ4v) is 6.47. The summed E-state index contributed by atoms with van der Waals surface area (Å²) in [5.74, 6) is 0.0180. The lowest BCUT2D eigenvalue weighted by molar-refractivity contribution is -0.135. The fraction of sp³-hybridized carbons (Fsp3) is 0.536. The molecule has 4 nitrogen and oxygen atoms in total. The van der Waals surface area contributed by atoms with Crippen molar-refractivity contribution >= 4 is 5.97 Å². The van der Waals surface area contributed by atoms with Crippen molar-refractivity contribution < 1.29 is 19.0 Å². The summed E-state index contributed by atoms with van der Waals surface area (Å²) in [6, 6.07) is 6.64. The minimum Gasteiger partial charge on any atom is -0.458 e. The largest absolute Gasteiger partial charge is 0.458 e. The van der Waals surface area contributed by atoms with E-state index in [1.54, 1.807) is 0 Å². The standard InChI is InChI=1S/C28H36FNO3/c1-19-4-11-24-27(2,23(19)10-7-21-14-17-33-26(21)32)15-12-25(31)28(24,3)18-30-16-13-20-5-8-22(29)9-6-20/h5-10,14,23-25,30-31H,1,4,11-13,15-18H2,2-3H3/b10-7+/t23-,24+,25-,27+,28+/m1/s1. The number of ether oxygens (including phenoxy) is 1. The predicted octanol–water partition coefficient (Wildman–Crippen LogP) is 4.75. The molecule has 4 rings (SSSR count). The van der Waals surface area contributed by atoms with Gasteiger partial charge in [-0.05, 0) is 73.8 Å². The van der Waals surface area contributed by atoms with Crippen LogP contribution in [0.3, 0.4) is 0 Å². The predicted molar refractivity (Wildman–Crippen MR) is 128 cm³/mol. The van der Waals surface area contributed by atoms with E-state index in [0.29, 0.717) is 18.1 Å². The van der Waals surface area contributed by atoms with Crippen LogP contribution in [-0.2, 0) is 16.0 Å². The van der Waals surface area contributed by atoms with E-state index in [9.17, 15) is 14.3 Å². The number of nitrogens with one attached hydrogen (secondary N) is 1. The summed E-state index contributed by atoms with van der Waals surface area (Å²) in [5.41, 5.74) is 2.65. The summed E-state index contributed by atoms with van der Waals surface area (Å²) in [7, 11) is 0. The number of fused-ring (bicyclic) bond motifs is 1. The molecule has 2 saturated carbocycles. The number of hydrogen-bond donors (Lipinski definition) is 2. The molecular weight excluding hydrogens is 417 g/mol. The van der Waals surface area contributed by atoms with Gasteiger partial charge < -0.3 is 15.2 Å². The zero-order valence-corrected chi connectivity index (χ0v) is 19.8. The summed E-state index contributed by atoms with van der Waals surface area (Å²) in [6.45, 7) is 10.8. The molecule has 0 aromatic heterocycles. The Balaban J connectivity index is 1.47. The van der Waals surface area contributed by atoms with Gasteiger partial charge in [-0.25, -0.2) is 9.18 Å². The average molecular weight is 454 g/mol. The minimum absolute atomic E-state index is 0.0263. The van der Waals surface area contributed by atoms with E-state index in [4.69, 9.17) is 4.74 Å². The highest BCUT2D eigenvalue weighted by Crippen LogP contribution is 2.61. The van der Waals surface area contributed by atoms with Crippen molar-refractivity contribution in [1.82, 2.24) is 5.32 Å². The summed E-state index contributed by atoms with van der Waals surface area (Å²) < 4.78 is 18.2. The lowest BCUT2D eigenvalue weighted by Crippen LogP contribution is -2.59. The molecule has 0 unspecified atom stereocenters. The van der Waals surface area contributed by atoms with Crippen LogP contribution in [0, 0.1) is 28.5 Å². The van der Waals surface area contributed by atoms with E-state index < -0.39 is 0 Å². The maximum atomic E-state index is 13.1. The number of carbonyl (C=O) groups is 1. The Morgan fingerprint density at radius 3 is 2.73 bits per heavy atom. The van der Waals surface area contributed by atoms with Crippen LogP contribution in [0.5, 0.6) is 0 Å². The molecule has 2 N–H and O–H groups in total. The van der Waals surface area contributed by atoms with Gasteiger partial charge in [0, 0.05) is 17.9 Å². The monoisotopic (exact) mass is 453 g/mol. The molecule has 178 valence electrons. The maximum Gasteiger partial charge on any atom is 0.338 e. The fourth-order valence-electron chi connectivity index (χ4n) is 6.47. The van der Waals surface area contributed by atoms with Gasteiger partial charge in [0.15, 0.2) is 0 Å². The van der Waals surface area contributed by atoms with Crippen LogP contribution < -0.4 is 5.32 Å². The number of aliphatic hydroxyl groups is 1. The number of aliphatic hydroxyl groups excluding tert-OH is 1. The van der Waals surface area contributed by atoms with Gasteiger partial charge in [-0.15, -0.1) is 0 Å². The smallest absolute Gasteiger partial charge is 0.338 e. The second-order valence-electron chi connectivity index (χ2n) is 10.5. The first-order chi connectivity index (χ1) is 15.7. The van der Waals surface area contributed by atoms with Crippen LogP contribution in [0.2, 0.25) is 0 Å². The van der Waals surface area contributed by atoms with Gasteiger partial charge >= 0.3 is 5.97 Å². The second kappa shape index (κ2) is 9.55. The first-order valence-electron chi connectivity index (χ1n) is 12.1. The number of hydrogen-bond acceptors (Lipinski definition) is 4. The topological polar surface area (TPSA) is 58.6 Å². The first-order valence-corrected chi connectivity index (χ1v) is 12.1. The highest BCUT2D eigenvalue weighted by Gasteiger charge is 2.57. The van der Waals surface area contributed by atoms with E-state index in [1.165, 1.54) is 17.7 Å². The van der Waals surface area contributed by atoms with E-state index in [2.05, 4.69) is 31.8 Å². The van der Waals surface area contributed by atoms with Crippen LogP contribution in [0.1, 0.15) is 45.1 Å². The number of cyclic esters (lactones) is 1. The third-order valence-corrected chi connectivity index (χ3v) is 8.45. The summed E-state index contributed by atoms with van der Waals surface area (Å²) >= 11 is 0. The summed E-state index contributed by atoms with van der Waals surface area (Å²) in [5, 5.41) is 14.7. The molecule has 5 atom stereocenters. The molecule has 1 heterocycles. The average Bonchev–Trinajstić information content (AvgIpc) is 3.20. The quantitative estimate of drug-likeness (QED) is 0.355. The molecule has 2 fully saturated rings. The van der Waals surface area contributed by atoms with E-state index in [1.807, 2.05) is 24.3 Å². The molecule has 3 aliphatic rings. The summed E-state index contributed by atoms with van der Waals surface area (Å²) in [6.07, 6.45) is 9.96. The van der Waals surface area contributed by atoms with E-state index >= 15 is 0 Å². The zero-order valence-electron chi connectivity index (χ0n) is 19.8. The van der Waals surface area contributed by atoms with Crippen molar-refractivity contribution in [2.24, 2.45) is 22.7 Å². The van der Waals surface area contributed by atoms with Crippen LogP contribution in [0.15, 0.2) is 60.2 Å². The van der Waals surface area contributed by atoms with Crippen molar-refractivity contribution in [1.29, 1.82) is 0 Å². The third kappa shape index (κ3) is 4.71. The Morgan fingerprint density at radius 1 is 1.27 bits per heavy atom. The molecule has 0 bridgehead atoms. The van der Waals surface area contributed by atoms with Gasteiger partial charge in [0.05, 0.1) is 11.7 Å². The Morgan fingerprint density at radius 2 is 2.03 bits per heavy atom. The van der Waals surface area contributed by atoms with Gasteiger partial charge in [0.1, 0.15) is 12.4 Å². The first kappa shape index (κ1) is 23.9. The van der Waals surface area contributed by atoms with E-state index in [-0.39, 0.29) is 34.6 Å².